The largest absolute Gasteiger partial charge is 0.352 e. The van der Waals surface area contributed by atoms with Crippen LogP contribution in [-0.4, -0.2) is 29.0 Å². The van der Waals surface area contributed by atoms with Crippen molar-refractivity contribution in [1.82, 2.24) is 14.7 Å². The maximum Gasteiger partial charge on any atom is 0.152 e. The van der Waals surface area contributed by atoms with Gasteiger partial charge in [-0.3, -0.25) is 0 Å². The van der Waals surface area contributed by atoms with E-state index in [-0.39, 0.29) is 0 Å². The molecule has 4 heteroatoms. The number of hydrogen-bond donors (Lipinski definition) is 1. The minimum Gasteiger partial charge on any atom is -0.352 e. The Hall–Kier alpha value is -1.55. The summed E-state index contributed by atoms with van der Waals surface area (Å²) in [6.45, 7) is 4.28. The number of pyridine rings is 1. The normalized spacial score (nSPS) is 19.7. The van der Waals surface area contributed by atoms with E-state index < -0.39 is 0 Å². The Kier molecular flexibility index (Phi) is 3.92. The Balaban J connectivity index is 2.06. The van der Waals surface area contributed by atoms with Gasteiger partial charge < -0.3 is 14.6 Å². The van der Waals surface area contributed by atoms with E-state index in [1.54, 1.807) is 0 Å². The first-order valence-corrected chi connectivity index (χ1v) is 7.72. The first-order valence-electron chi connectivity index (χ1n) is 7.72. The van der Waals surface area contributed by atoms with Crippen molar-refractivity contribution in [3.63, 3.8) is 0 Å². The van der Waals surface area contributed by atoms with Gasteiger partial charge in [0.2, 0.25) is 0 Å². The predicted octanol–water partition coefficient (Wildman–Crippen LogP) is 2.82. The molecule has 0 spiro atoms. The smallest absolute Gasteiger partial charge is 0.152 e. The van der Waals surface area contributed by atoms with Crippen molar-refractivity contribution < 1.29 is 0 Å². The molecule has 108 valence electrons. The van der Waals surface area contributed by atoms with Crippen molar-refractivity contribution in [3.8, 4) is 0 Å². The minimum atomic E-state index is 0.643. The van der Waals surface area contributed by atoms with E-state index in [1.165, 1.54) is 37.2 Å². The molecule has 20 heavy (non-hydrogen) atoms. The van der Waals surface area contributed by atoms with Crippen LogP contribution in [0.4, 0.5) is 5.82 Å². The second-order valence-corrected chi connectivity index (χ2v) is 5.59. The van der Waals surface area contributed by atoms with Crippen LogP contribution in [0.1, 0.15) is 38.3 Å². The van der Waals surface area contributed by atoms with Gasteiger partial charge in [-0.05, 0) is 44.9 Å². The van der Waals surface area contributed by atoms with E-state index in [0.29, 0.717) is 6.04 Å². The summed E-state index contributed by atoms with van der Waals surface area (Å²) in [7, 11) is 2.00. The van der Waals surface area contributed by atoms with E-state index in [0.717, 1.165) is 18.7 Å². The fraction of sp³-hybridized carbons (Fsp3) is 0.562. The molecule has 1 aliphatic rings. The molecule has 1 unspecified atom stereocenters. The average molecular weight is 272 g/mol. The molecule has 0 aliphatic carbocycles. The lowest BCUT2D eigenvalue weighted by molar-refractivity contribution is 0.446. The first-order chi connectivity index (χ1) is 9.85. The number of hydrogen-bond acceptors (Lipinski definition) is 3. The SMILES string of the molecule is CCC1CCCCN1c1nc2ccccn2c1CNC. The van der Waals surface area contributed by atoms with Gasteiger partial charge in [0.05, 0.1) is 5.69 Å². The standard InChI is InChI=1S/C16H24N4/c1-3-13-8-4-6-10-19(13)16-14(12-17-2)20-11-7-5-9-15(20)18-16/h5,7,9,11,13,17H,3-4,6,8,10,12H2,1-2H3. The van der Waals surface area contributed by atoms with Crippen LogP contribution in [0.2, 0.25) is 0 Å². The van der Waals surface area contributed by atoms with E-state index in [9.17, 15) is 0 Å². The van der Waals surface area contributed by atoms with Gasteiger partial charge in [-0.15, -0.1) is 0 Å². The van der Waals surface area contributed by atoms with Crippen molar-refractivity contribution in [2.24, 2.45) is 0 Å². The highest BCUT2D eigenvalue weighted by atomic mass is 15.3. The van der Waals surface area contributed by atoms with Gasteiger partial charge in [0.25, 0.3) is 0 Å². The highest BCUT2D eigenvalue weighted by Gasteiger charge is 2.26. The van der Waals surface area contributed by atoms with Crippen LogP contribution in [0.15, 0.2) is 24.4 Å². The van der Waals surface area contributed by atoms with Crippen LogP contribution < -0.4 is 10.2 Å². The first kappa shape index (κ1) is 13.4. The Bertz CT molecular complexity index is 575. The molecule has 0 bridgehead atoms. The third kappa shape index (κ3) is 2.29. The second-order valence-electron chi connectivity index (χ2n) is 5.59. The molecule has 2 aromatic rings. The molecule has 0 amide bonds. The molecule has 1 N–H and O–H groups in total. The Labute approximate surface area is 120 Å². The Morgan fingerprint density at radius 1 is 1.35 bits per heavy atom. The van der Waals surface area contributed by atoms with E-state index >= 15 is 0 Å². The average Bonchev–Trinajstić information content (AvgIpc) is 2.86. The van der Waals surface area contributed by atoms with Crippen LogP contribution in [0, 0.1) is 0 Å². The van der Waals surface area contributed by atoms with Gasteiger partial charge in [0.15, 0.2) is 5.82 Å². The lowest BCUT2D eigenvalue weighted by Gasteiger charge is -2.36. The van der Waals surface area contributed by atoms with Crippen molar-refractivity contribution >= 4 is 11.5 Å². The molecular weight excluding hydrogens is 248 g/mol. The fourth-order valence-electron chi connectivity index (χ4n) is 3.30. The second kappa shape index (κ2) is 5.83. The zero-order valence-corrected chi connectivity index (χ0v) is 12.5. The minimum absolute atomic E-state index is 0.643. The predicted molar refractivity (Wildman–Crippen MR) is 83.2 cm³/mol. The number of imidazole rings is 1. The number of piperidine rings is 1. The van der Waals surface area contributed by atoms with Gasteiger partial charge in [-0.2, -0.15) is 0 Å². The highest BCUT2D eigenvalue weighted by molar-refractivity contribution is 5.56. The zero-order chi connectivity index (χ0) is 13.9. The highest BCUT2D eigenvalue weighted by Crippen LogP contribution is 2.29. The van der Waals surface area contributed by atoms with Crippen molar-refractivity contribution in [2.45, 2.75) is 45.2 Å². The van der Waals surface area contributed by atoms with E-state index in [1.807, 2.05) is 7.05 Å². The summed E-state index contributed by atoms with van der Waals surface area (Å²) in [5.41, 5.74) is 2.33. The van der Waals surface area contributed by atoms with Crippen LogP contribution >= 0.6 is 0 Å². The van der Waals surface area contributed by atoms with Gasteiger partial charge in [0.1, 0.15) is 5.65 Å². The van der Waals surface area contributed by atoms with Crippen LogP contribution in [-0.2, 0) is 6.54 Å². The fourth-order valence-corrected chi connectivity index (χ4v) is 3.30. The molecule has 4 nitrogen and oxygen atoms in total. The van der Waals surface area contributed by atoms with Crippen LogP contribution in [0.25, 0.3) is 5.65 Å². The number of aromatic nitrogens is 2. The summed E-state index contributed by atoms with van der Waals surface area (Å²) in [5, 5.41) is 3.29. The molecule has 1 fully saturated rings. The number of nitrogens with one attached hydrogen (secondary N) is 1. The molecule has 3 heterocycles. The molecule has 1 saturated heterocycles. The van der Waals surface area contributed by atoms with Crippen molar-refractivity contribution in [3.05, 3.63) is 30.1 Å². The van der Waals surface area contributed by atoms with Gasteiger partial charge in [-0.1, -0.05) is 13.0 Å². The molecule has 0 aromatic carbocycles. The third-order valence-corrected chi connectivity index (χ3v) is 4.32. The summed E-state index contributed by atoms with van der Waals surface area (Å²) < 4.78 is 2.22. The number of rotatable bonds is 4. The molecule has 1 atom stereocenters. The van der Waals surface area contributed by atoms with E-state index in [2.05, 4.69) is 45.9 Å². The maximum atomic E-state index is 4.90. The summed E-state index contributed by atoms with van der Waals surface area (Å²) in [5.74, 6) is 1.18. The van der Waals surface area contributed by atoms with E-state index in [4.69, 9.17) is 4.98 Å². The summed E-state index contributed by atoms with van der Waals surface area (Å²) >= 11 is 0. The van der Waals surface area contributed by atoms with Crippen molar-refractivity contribution in [1.29, 1.82) is 0 Å². The topological polar surface area (TPSA) is 32.6 Å². The number of fused-ring (bicyclic) bond motifs is 1. The lowest BCUT2D eigenvalue weighted by Crippen LogP contribution is -2.40. The molecule has 0 saturated carbocycles. The van der Waals surface area contributed by atoms with Gasteiger partial charge >= 0.3 is 0 Å². The molecule has 0 radical (unpaired) electrons. The quantitative estimate of drug-likeness (QED) is 0.929. The summed E-state index contributed by atoms with van der Waals surface area (Å²) in [6.07, 6.45) is 7.24. The monoisotopic (exact) mass is 272 g/mol. The maximum absolute atomic E-state index is 4.90. The molecular formula is C16H24N4. The third-order valence-electron chi connectivity index (χ3n) is 4.32. The molecule has 1 aliphatic heterocycles. The molecule has 2 aromatic heterocycles. The Morgan fingerprint density at radius 2 is 2.25 bits per heavy atom. The van der Waals surface area contributed by atoms with Gasteiger partial charge in [-0.25, -0.2) is 4.98 Å². The summed E-state index contributed by atoms with van der Waals surface area (Å²) in [6, 6.07) is 6.87. The lowest BCUT2D eigenvalue weighted by atomic mass is 10.00. The number of nitrogens with zero attached hydrogens (tertiary/aromatic N) is 3. The van der Waals surface area contributed by atoms with Crippen molar-refractivity contribution in [2.75, 3.05) is 18.5 Å². The van der Waals surface area contributed by atoms with Crippen LogP contribution in [0.3, 0.4) is 0 Å². The Morgan fingerprint density at radius 3 is 3.05 bits per heavy atom. The number of anilines is 1. The zero-order valence-electron chi connectivity index (χ0n) is 12.5. The summed E-state index contributed by atoms with van der Waals surface area (Å²) in [4.78, 5) is 7.43. The molecule has 3 rings (SSSR count). The van der Waals surface area contributed by atoms with Gasteiger partial charge in [0, 0.05) is 25.3 Å². The van der Waals surface area contributed by atoms with Crippen LogP contribution in [0.5, 0.6) is 0 Å².